The summed E-state index contributed by atoms with van der Waals surface area (Å²) in [6.45, 7) is 0.120. The van der Waals surface area contributed by atoms with Gasteiger partial charge >= 0.3 is 0 Å². The van der Waals surface area contributed by atoms with E-state index in [4.69, 9.17) is 9.52 Å². The van der Waals surface area contributed by atoms with Crippen molar-refractivity contribution in [1.82, 2.24) is 9.78 Å². The van der Waals surface area contributed by atoms with Crippen LogP contribution in [0.3, 0.4) is 0 Å². The van der Waals surface area contributed by atoms with Gasteiger partial charge in [0.2, 0.25) is 0 Å². The van der Waals surface area contributed by atoms with Crippen LogP contribution in [0, 0.1) is 0 Å². The third kappa shape index (κ3) is 1.56. The number of hydrogen-bond acceptors (Lipinski definition) is 3. The van der Waals surface area contributed by atoms with Crippen LogP contribution in [0.4, 0.5) is 0 Å². The number of furan rings is 1. The second-order valence-electron chi connectivity index (χ2n) is 3.10. The standard InChI is InChI=1S/C10H12N2O2/c1-12-9(10-3-2-6-14-10)7-8(11-12)4-5-13/h2-3,6-7,13H,4-5H2,1H3. The fourth-order valence-corrected chi connectivity index (χ4v) is 1.42. The number of aliphatic hydroxyl groups excluding tert-OH is 1. The molecule has 14 heavy (non-hydrogen) atoms. The molecule has 0 atom stereocenters. The van der Waals surface area contributed by atoms with Crippen molar-refractivity contribution in [3.05, 3.63) is 30.2 Å². The van der Waals surface area contributed by atoms with Crippen LogP contribution >= 0.6 is 0 Å². The van der Waals surface area contributed by atoms with E-state index < -0.39 is 0 Å². The minimum Gasteiger partial charge on any atom is -0.463 e. The second kappa shape index (κ2) is 3.67. The molecular formula is C10H12N2O2. The number of nitrogens with zero attached hydrogens (tertiary/aromatic N) is 2. The van der Waals surface area contributed by atoms with E-state index in [2.05, 4.69) is 5.10 Å². The molecule has 0 bridgehead atoms. The van der Waals surface area contributed by atoms with Crippen molar-refractivity contribution in [2.45, 2.75) is 6.42 Å². The normalized spacial score (nSPS) is 10.7. The highest BCUT2D eigenvalue weighted by Gasteiger charge is 2.08. The average Bonchev–Trinajstić information content (AvgIpc) is 2.74. The van der Waals surface area contributed by atoms with Crippen LogP contribution in [-0.2, 0) is 13.5 Å². The molecular weight excluding hydrogens is 180 g/mol. The van der Waals surface area contributed by atoms with Gasteiger partial charge in [-0.25, -0.2) is 0 Å². The Morgan fingerprint density at radius 2 is 2.43 bits per heavy atom. The highest BCUT2D eigenvalue weighted by atomic mass is 16.3. The van der Waals surface area contributed by atoms with Gasteiger partial charge in [0.25, 0.3) is 0 Å². The molecule has 4 heteroatoms. The van der Waals surface area contributed by atoms with Crippen LogP contribution in [0.2, 0.25) is 0 Å². The maximum atomic E-state index is 8.78. The zero-order chi connectivity index (χ0) is 9.97. The van der Waals surface area contributed by atoms with Gasteiger partial charge in [-0.3, -0.25) is 4.68 Å². The summed E-state index contributed by atoms with van der Waals surface area (Å²) in [7, 11) is 1.86. The highest BCUT2D eigenvalue weighted by molar-refractivity contribution is 5.52. The van der Waals surface area contributed by atoms with Crippen molar-refractivity contribution in [2.24, 2.45) is 7.05 Å². The van der Waals surface area contributed by atoms with Crippen molar-refractivity contribution >= 4 is 0 Å². The number of aliphatic hydroxyl groups is 1. The van der Waals surface area contributed by atoms with E-state index in [9.17, 15) is 0 Å². The average molecular weight is 192 g/mol. The largest absolute Gasteiger partial charge is 0.463 e. The molecule has 2 aromatic heterocycles. The molecule has 2 heterocycles. The molecule has 74 valence electrons. The lowest BCUT2D eigenvalue weighted by Gasteiger charge is -1.94. The first-order valence-corrected chi connectivity index (χ1v) is 4.49. The molecule has 0 amide bonds. The molecule has 0 spiro atoms. The Labute approximate surface area is 81.8 Å². The number of aromatic nitrogens is 2. The molecule has 0 radical (unpaired) electrons. The molecule has 1 N–H and O–H groups in total. The molecule has 0 aliphatic rings. The zero-order valence-corrected chi connectivity index (χ0v) is 7.97. The number of rotatable bonds is 3. The van der Waals surface area contributed by atoms with Gasteiger partial charge in [0.15, 0.2) is 5.76 Å². The summed E-state index contributed by atoms with van der Waals surface area (Å²) in [6, 6.07) is 5.66. The smallest absolute Gasteiger partial charge is 0.151 e. The summed E-state index contributed by atoms with van der Waals surface area (Å²) in [5.74, 6) is 0.796. The molecule has 2 aromatic rings. The van der Waals surface area contributed by atoms with Gasteiger partial charge in [0.05, 0.1) is 12.0 Å². The Morgan fingerprint density at radius 3 is 3.07 bits per heavy atom. The van der Waals surface area contributed by atoms with E-state index in [-0.39, 0.29) is 6.61 Å². The molecule has 0 saturated heterocycles. The quantitative estimate of drug-likeness (QED) is 0.795. The van der Waals surface area contributed by atoms with E-state index in [0.29, 0.717) is 6.42 Å². The van der Waals surface area contributed by atoms with E-state index in [1.54, 1.807) is 10.9 Å². The zero-order valence-electron chi connectivity index (χ0n) is 7.97. The molecule has 2 rings (SSSR count). The Hall–Kier alpha value is -1.55. The highest BCUT2D eigenvalue weighted by Crippen LogP contribution is 2.20. The van der Waals surface area contributed by atoms with Gasteiger partial charge < -0.3 is 9.52 Å². The third-order valence-electron chi connectivity index (χ3n) is 2.07. The summed E-state index contributed by atoms with van der Waals surface area (Å²) >= 11 is 0. The predicted octanol–water partition coefficient (Wildman–Crippen LogP) is 1.21. The number of aryl methyl sites for hydroxylation is 1. The number of hydrogen-bond donors (Lipinski definition) is 1. The van der Waals surface area contributed by atoms with Crippen LogP contribution in [0.5, 0.6) is 0 Å². The minimum absolute atomic E-state index is 0.120. The van der Waals surface area contributed by atoms with E-state index in [1.807, 2.05) is 25.2 Å². The first-order valence-electron chi connectivity index (χ1n) is 4.49. The molecule has 0 fully saturated rings. The van der Waals surface area contributed by atoms with E-state index >= 15 is 0 Å². The summed E-state index contributed by atoms with van der Waals surface area (Å²) in [6.07, 6.45) is 2.21. The lowest BCUT2D eigenvalue weighted by atomic mass is 10.2. The van der Waals surface area contributed by atoms with E-state index in [1.165, 1.54) is 0 Å². The van der Waals surface area contributed by atoms with Crippen LogP contribution in [-0.4, -0.2) is 21.5 Å². The fraction of sp³-hybridized carbons (Fsp3) is 0.300. The lowest BCUT2D eigenvalue weighted by molar-refractivity contribution is 0.298. The van der Waals surface area contributed by atoms with Crippen LogP contribution < -0.4 is 0 Å². The summed E-state index contributed by atoms with van der Waals surface area (Å²) in [4.78, 5) is 0. The molecule has 4 nitrogen and oxygen atoms in total. The predicted molar refractivity (Wildman–Crippen MR) is 51.7 cm³/mol. The SMILES string of the molecule is Cn1nc(CCO)cc1-c1ccco1. The van der Waals surface area contributed by atoms with Gasteiger partial charge in [-0.1, -0.05) is 0 Å². The van der Waals surface area contributed by atoms with Gasteiger partial charge in [0, 0.05) is 20.1 Å². The van der Waals surface area contributed by atoms with Crippen LogP contribution in [0.1, 0.15) is 5.69 Å². The Kier molecular flexibility index (Phi) is 2.37. The van der Waals surface area contributed by atoms with Gasteiger partial charge in [0.1, 0.15) is 5.69 Å². The Balaban J connectivity index is 2.35. The van der Waals surface area contributed by atoms with E-state index in [0.717, 1.165) is 17.1 Å². The monoisotopic (exact) mass is 192 g/mol. The van der Waals surface area contributed by atoms with Gasteiger partial charge in [-0.05, 0) is 18.2 Å². The van der Waals surface area contributed by atoms with Crippen LogP contribution in [0.15, 0.2) is 28.9 Å². The summed E-state index contributed by atoms with van der Waals surface area (Å²) in [5.41, 5.74) is 1.81. The molecule has 0 aliphatic heterocycles. The van der Waals surface area contributed by atoms with Crippen LogP contribution in [0.25, 0.3) is 11.5 Å². The fourth-order valence-electron chi connectivity index (χ4n) is 1.42. The molecule has 0 aliphatic carbocycles. The lowest BCUT2D eigenvalue weighted by Crippen LogP contribution is -1.95. The molecule has 0 saturated carbocycles. The van der Waals surface area contributed by atoms with Crippen molar-refractivity contribution in [3.8, 4) is 11.5 Å². The summed E-state index contributed by atoms with van der Waals surface area (Å²) < 4.78 is 7.02. The van der Waals surface area contributed by atoms with Crippen molar-refractivity contribution < 1.29 is 9.52 Å². The molecule has 0 aromatic carbocycles. The maximum absolute atomic E-state index is 8.78. The van der Waals surface area contributed by atoms with Crippen molar-refractivity contribution in [3.63, 3.8) is 0 Å². The van der Waals surface area contributed by atoms with Gasteiger partial charge in [-0.2, -0.15) is 5.10 Å². The summed E-state index contributed by atoms with van der Waals surface area (Å²) in [5, 5.41) is 13.0. The topological polar surface area (TPSA) is 51.2 Å². The molecule has 0 unspecified atom stereocenters. The first kappa shape index (κ1) is 9.02. The Bertz CT molecular complexity index is 404. The van der Waals surface area contributed by atoms with Crippen molar-refractivity contribution in [2.75, 3.05) is 6.61 Å². The third-order valence-corrected chi connectivity index (χ3v) is 2.07. The van der Waals surface area contributed by atoms with Crippen molar-refractivity contribution in [1.29, 1.82) is 0 Å². The first-order chi connectivity index (χ1) is 6.81. The second-order valence-corrected chi connectivity index (χ2v) is 3.10. The minimum atomic E-state index is 0.120. The van der Waals surface area contributed by atoms with Gasteiger partial charge in [-0.15, -0.1) is 0 Å². The maximum Gasteiger partial charge on any atom is 0.151 e. The Morgan fingerprint density at radius 1 is 1.57 bits per heavy atom.